The number of aryl methyl sites for hydroxylation is 1. The predicted molar refractivity (Wildman–Crippen MR) is 122 cm³/mol. The Labute approximate surface area is 191 Å². The molecule has 4 rings (SSSR count). The van der Waals surface area contributed by atoms with Crippen LogP contribution in [-0.2, 0) is 22.5 Å². The molecule has 2 aromatic carbocycles. The van der Waals surface area contributed by atoms with Crippen molar-refractivity contribution >= 4 is 29.3 Å². The summed E-state index contributed by atoms with van der Waals surface area (Å²) in [4.78, 5) is 11.3. The zero-order chi connectivity index (χ0) is 21.6. The molecule has 0 spiro atoms. The van der Waals surface area contributed by atoms with Crippen LogP contribution >= 0.6 is 23.4 Å². The Balaban J connectivity index is 1.66. The van der Waals surface area contributed by atoms with Gasteiger partial charge in [0.15, 0.2) is 5.16 Å². The molecule has 6 nitrogen and oxygen atoms in total. The number of amides is 1. The van der Waals surface area contributed by atoms with Crippen LogP contribution < -0.4 is 5.73 Å². The van der Waals surface area contributed by atoms with Gasteiger partial charge in [-0.25, -0.2) is 0 Å². The largest absolute Gasteiger partial charge is 0.376 e. The number of ether oxygens (including phenoxy) is 1. The number of nitrogens with zero attached hydrogens (tertiary/aromatic N) is 3. The first-order valence-electron chi connectivity index (χ1n) is 10.4. The molecule has 1 fully saturated rings. The van der Waals surface area contributed by atoms with Gasteiger partial charge in [0.25, 0.3) is 0 Å². The maximum Gasteiger partial charge on any atom is 0.217 e. The first-order chi connectivity index (χ1) is 15.1. The fourth-order valence-corrected chi connectivity index (χ4v) is 5.02. The summed E-state index contributed by atoms with van der Waals surface area (Å²) in [5.74, 6) is 0.420. The van der Waals surface area contributed by atoms with Gasteiger partial charge in [0.1, 0.15) is 5.82 Å². The molecule has 1 amide bonds. The molecule has 0 radical (unpaired) electrons. The molecule has 31 heavy (non-hydrogen) atoms. The van der Waals surface area contributed by atoms with Crippen molar-refractivity contribution in [2.24, 2.45) is 5.73 Å². The number of thioether (sulfide) groups is 1. The SMILES string of the molecule is NC(=O)CCc1nnc(SC(c2ccccc2)c2ccc(Cl)cc2)n1CC1CCCO1. The lowest BCUT2D eigenvalue weighted by Gasteiger charge is -2.19. The Morgan fingerprint density at radius 1 is 1.16 bits per heavy atom. The molecule has 8 heteroatoms. The summed E-state index contributed by atoms with van der Waals surface area (Å²) >= 11 is 7.76. The Morgan fingerprint density at radius 3 is 2.58 bits per heavy atom. The fourth-order valence-electron chi connectivity index (χ4n) is 3.70. The summed E-state index contributed by atoms with van der Waals surface area (Å²) in [6.07, 6.45) is 2.91. The van der Waals surface area contributed by atoms with Gasteiger partial charge in [-0.1, -0.05) is 65.8 Å². The normalized spacial score (nSPS) is 17.0. The van der Waals surface area contributed by atoms with Crippen LogP contribution in [0.4, 0.5) is 0 Å². The third-order valence-corrected chi connectivity index (χ3v) is 6.84. The number of rotatable bonds is 9. The van der Waals surface area contributed by atoms with E-state index < -0.39 is 0 Å². The van der Waals surface area contributed by atoms with Gasteiger partial charge in [-0.2, -0.15) is 0 Å². The van der Waals surface area contributed by atoms with E-state index in [9.17, 15) is 4.79 Å². The van der Waals surface area contributed by atoms with E-state index in [2.05, 4.69) is 26.9 Å². The first-order valence-corrected chi connectivity index (χ1v) is 11.6. The van der Waals surface area contributed by atoms with Crippen molar-refractivity contribution < 1.29 is 9.53 Å². The monoisotopic (exact) mass is 456 g/mol. The zero-order valence-corrected chi connectivity index (χ0v) is 18.7. The molecule has 0 saturated carbocycles. The zero-order valence-electron chi connectivity index (χ0n) is 17.1. The second kappa shape index (κ2) is 10.3. The van der Waals surface area contributed by atoms with Crippen LogP contribution in [0.3, 0.4) is 0 Å². The number of hydrogen-bond donors (Lipinski definition) is 1. The van der Waals surface area contributed by atoms with E-state index >= 15 is 0 Å². The van der Waals surface area contributed by atoms with E-state index in [0.717, 1.165) is 36.0 Å². The quantitative estimate of drug-likeness (QED) is 0.482. The van der Waals surface area contributed by atoms with Crippen molar-refractivity contribution in [1.29, 1.82) is 0 Å². The van der Waals surface area contributed by atoms with Crippen LogP contribution in [0.25, 0.3) is 0 Å². The number of benzene rings is 2. The van der Waals surface area contributed by atoms with Crippen LogP contribution in [0.1, 0.15) is 41.5 Å². The molecule has 1 aliphatic heterocycles. The van der Waals surface area contributed by atoms with Gasteiger partial charge in [-0.15, -0.1) is 10.2 Å². The number of carbonyl (C=O) groups is 1. The Morgan fingerprint density at radius 2 is 1.90 bits per heavy atom. The lowest BCUT2D eigenvalue weighted by atomic mass is 10.0. The van der Waals surface area contributed by atoms with E-state index in [1.807, 2.05) is 42.5 Å². The summed E-state index contributed by atoms with van der Waals surface area (Å²) in [7, 11) is 0. The average Bonchev–Trinajstić information content (AvgIpc) is 3.42. The fraction of sp³-hybridized carbons (Fsp3) is 0.348. The number of hydrogen-bond acceptors (Lipinski definition) is 5. The van der Waals surface area contributed by atoms with E-state index in [4.69, 9.17) is 22.1 Å². The van der Waals surface area contributed by atoms with Crippen molar-refractivity contribution in [1.82, 2.24) is 14.8 Å². The summed E-state index contributed by atoms with van der Waals surface area (Å²) < 4.78 is 7.95. The van der Waals surface area contributed by atoms with E-state index in [0.29, 0.717) is 18.0 Å². The molecule has 0 bridgehead atoms. The number of nitrogens with two attached hydrogens (primary N) is 1. The highest BCUT2D eigenvalue weighted by atomic mass is 35.5. The molecule has 2 unspecified atom stereocenters. The second-order valence-electron chi connectivity index (χ2n) is 7.57. The van der Waals surface area contributed by atoms with Crippen LogP contribution in [0.15, 0.2) is 59.8 Å². The van der Waals surface area contributed by atoms with Gasteiger partial charge >= 0.3 is 0 Å². The Hall–Kier alpha value is -2.35. The highest BCUT2D eigenvalue weighted by molar-refractivity contribution is 7.99. The van der Waals surface area contributed by atoms with Gasteiger partial charge in [0.2, 0.25) is 5.91 Å². The number of carbonyl (C=O) groups excluding carboxylic acids is 1. The molecule has 162 valence electrons. The van der Waals surface area contributed by atoms with E-state index in [-0.39, 0.29) is 23.7 Å². The smallest absolute Gasteiger partial charge is 0.217 e. The highest BCUT2D eigenvalue weighted by Gasteiger charge is 2.24. The maximum absolute atomic E-state index is 11.3. The number of aromatic nitrogens is 3. The summed E-state index contributed by atoms with van der Waals surface area (Å²) in [5, 5.41) is 10.4. The molecule has 2 heterocycles. The third kappa shape index (κ3) is 5.67. The number of halogens is 1. The first kappa shape index (κ1) is 21.9. The molecule has 1 aliphatic rings. The molecule has 1 saturated heterocycles. The van der Waals surface area contributed by atoms with E-state index in [1.165, 1.54) is 5.56 Å². The summed E-state index contributed by atoms with van der Waals surface area (Å²) in [6, 6.07) is 18.2. The van der Waals surface area contributed by atoms with Crippen molar-refractivity contribution in [3.8, 4) is 0 Å². The van der Waals surface area contributed by atoms with Gasteiger partial charge in [0, 0.05) is 24.5 Å². The van der Waals surface area contributed by atoms with Crippen LogP contribution in [0.5, 0.6) is 0 Å². The van der Waals surface area contributed by atoms with Gasteiger partial charge in [-0.05, 0) is 36.1 Å². The molecule has 1 aromatic heterocycles. The second-order valence-corrected chi connectivity index (χ2v) is 9.08. The summed E-state index contributed by atoms with van der Waals surface area (Å²) in [6.45, 7) is 1.45. The average molecular weight is 457 g/mol. The van der Waals surface area contributed by atoms with Crippen molar-refractivity contribution in [2.45, 2.75) is 48.7 Å². The van der Waals surface area contributed by atoms with Crippen molar-refractivity contribution in [3.05, 3.63) is 76.6 Å². The summed E-state index contributed by atoms with van der Waals surface area (Å²) in [5.41, 5.74) is 7.67. The van der Waals surface area contributed by atoms with E-state index in [1.54, 1.807) is 11.8 Å². The molecule has 2 atom stereocenters. The molecule has 2 N–H and O–H groups in total. The molecule has 3 aromatic rings. The Kier molecular flexibility index (Phi) is 7.27. The van der Waals surface area contributed by atoms with Gasteiger partial charge in [-0.3, -0.25) is 4.79 Å². The minimum Gasteiger partial charge on any atom is -0.376 e. The van der Waals surface area contributed by atoms with Gasteiger partial charge in [0.05, 0.1) is 17.9 Å². The van der Waals surface area contributed by atoms with Crippen LogP contribution in [0, 0.1) is 0 Å². The molecular weight excluding hydrogens is 432 g/mol. The topological polar surface area (TPSA) is 83.0 Å². The minimum atomic E-state index is -0.343. The van der Waals surface area contributed by atoms with Crippen molar-refractivity contribution in [2.75, 3.05) is 6.61 Å². The standard InChI is InChI=1S/C23H25ClN4O2S/c24-18-10-8-17(9-11-18)22(16-5-2-1-3-6-16)31-23-27-26-21(13-12-20(25)29)28(23)15-19-7-4-14-30-19/h1-3,5-6,8-11,19,22H,4,7,12-15H2,(H2,25,29). The number of primary amides is 1. The maximum atomic E-state index is 11.3. The third-order valence-electron chi connectivity index (χ3n) is 5.30. The Bertz CT molecular complexity index is 1000. The van der Waals surface area contributed by atoms with Crippen molar-refractivity contribution in [3.63, 3.8) is 0 Å². The van der Waals surface area contributed by atoms with Gasteiger partial charge < -0.3 is 15.0 Å². The predicted octanol–water partition coefficient (Wildman–Crippen LogP) is 4.41. The van der Waals surface area contributed by atoms with Crippen LogP contribution in [-0.4, -0.2) is 33.4 Å². The highest BCUT2D eigenvalue weighted by Crippen LogP contribution is 2.40. The van der Waals surface area contributed by atoms with Crippen LogP contribution in [0.2, 0.25) is 5.02 Å². The molecule has 0 aliphatic carbocycles. The minimum absolute atomic E-state index is 0.0231. The lowest BCUT2D eigenvalue weighted by molar-refractivity contribution is -0.118. The molecular formula is C23H25ClN4O2S. The lowest BCUT2D eigenvalue weighted by Crippen LogP contribution is -2.19.